The molecule has 0 aliphatic heterocycles. The van der Waals surface area contributed by atoms with Crippen LogP contribution in [-0.2, 0) is 4.79 Å². The lowest BCUT2D eigenvalue weighted by Gasteiger charge is -2.07. The summed E-state index contributed by atoms with van der Waals surface area (Å²) in [6.07, 6.45) is 2.69. The van der Waals surface area contributed by atoms with Crippen LogP contribution < -0.4 is 19.6 Å². The van der Waals surface area contributed by atoms with Crippen LogP contribution in [-0.4, -0.2) is 27.2 Å². The van der Waals surface area contributed by atoms with Crippen molar-refractivity contribution in [2.45, 2.75) is 20.3 Å². The van der Waals surface area contributed by atoms with Gasteiger partial charge in [0.1, 0.15) is 11.5 Å². The quantitative estimate of drug-likeness (QED) is 0.351. The van der Waals surface area contributed by atoms with Gasteiger partial charge in [-0.15, -0.1) is 5.10 Å². The van der Waals surface area contributed by atoms with Crippen molar-refractivity contribution in [1.29, 1.82) is 0 Å². The first-order valence-corrected chi connectivity index (χ1v) is 10.3. The Bertz CT molecular complexity index is 1330. The Kier molecular flexibility index (Phi) is 5.58. The van der Waals surface area contributed by atoms with Crippen LogP contribution in [0.1, 0.15) is 25.8 Å². The summed E-state index contributed by atoms with van der Waals surface area (Å²) in [4.78, 5) is 29.2. The Morgan fingerprint density at radius 1 is 1.13 bits per heavy atom. The number of benzene rings is 2. The maximum absolute atomic E-state index is 12.9. The number of para-hydroxylation sites is 2. The number of carbonyl (C=O) groups excluding carboxylic acids is 1. The van der Waals surface area contributed by atoms with Gasteiger partial charge in [0.25, 0.3) is 5.56 Å². The van der Waals surface area contributed by atoms with E-state index in [1.807, 2.05) is 31.2 Å². The fraction of sp³-hybridized carbons (Fsp3) is 0.182. The minimum atomic E-state index is -0.436. The Labute approximate surface area is 176 Å². The van der Waals surface area contributed by atoms with Crippen molar-refractivity contribution in [2.24, 2.45) is 0 Å². The van der Waals surface area contributed by atoms with E-state index in [1.54, 1.807) is 30.3 Å². The third-order valence-corrected chi connectivity index (χ3v) is 5.19. The molecule has 7 nitrogen and oxygen atoms in total. The first kappa shape index (κ1) is 19.8. The van der Waals surface area contributed by atoms with Crippen LogP contribution in [0.4, 0.5) is 0 Å². The van der Waals surface area contributed by atoms with Gasteiger partial charge in [0.2, 0.25) is 4.96 Å². The van der Waals surface area contributed by atoms with Crippen molar-refractivity contribution in [2.75, 3.05) is 6.61 Å². The summed E-state index contributed by atoms with van der Waals surface area (Å²) in [6.45, 7) is 3.98. The Morgan fingerprint density at radius 2 is 1.87 bits per heavy atom. The first-order valence-electron chi connectivity index (χ1n) is 9.47. The van der Waals surface area contributed by atoms with E-state index in [-0.39, 0.29) is 5.56 Å². The van der Waals surface area contributed by atoms with Gasteiger partial charge in [0.15, 0.2) is 5.82 Å². The number of thiazole rings is 1. The lowest BCUT2D eigenvalue weighted by Crippen LogP contribution is -2.23. The predicted octanol–water partition coefficient (Wildman–Crippen LogP) is 3.08. The maximum Gasteiger partial charge on any atom is 0.308 e. The van der Waals surface area contributed by atoms with Crippen molar-refractivity contribution < 1.29 is 14.3 Å². The number of aromatic nitrogens is 3. The molecule has 4 rings (SSSR count). The summed E-state index contributed by atoms with van der Waals surface area (Å²) in [5, 5.41) is 4.35. The highest BCUT2D eigenvalue weighted by Gasteiger charge is 2.16. The van der Waals surface area contributed by atoms with E-state index in [0.29, 0.717) is 33.2 Å². The van der Waals surface area contributed by atoms with Crippen molar-refractivity contribution in [3.63, 3.8) is 0 Å². The molecule has 30 heavy (non-hydrogen) atoms. The molecular formula is C22H19N3O4S. The fourth-order valence-electron chi connectivity index (χ4n) is 2.93. The zero-order valence-electron chi connectivity index (χ0n) is 16.5. The van der Waals surface area contributed by atoms with E-state index in [4.69, 9.17) is 9.47 Å². The highest BCUT2D eigenvalue weighted by molar-refractivity contribution is 7.15. The molecule has 0 radical (unpaired) electrons. The molecule has 0 fully saturated rings. The van der Waals surface area contributed by atoms with Gasteiger partial charge in [-0.25, -0.2) is 0 Å². The molecule has 8 heteroatoms. The molecule has 0 N–H and O–H groups in total. The second-order valence-corrected chi connectivity index (χ2v) is 7.53. The molecule has 2 heterocycles. The van der Waals surface area contributed by atoms with Crippen molar-refractivity contribution in [1.82, 2.24) is 14.6 Å². The zero-order valence-corrected chi connectivity index (χ0v) is 17.3. The van der Waals surface area contributed by atoms with Crippen molar-refractivity contribution >= 4 is 28.3 Å². The zero-order chi connectivity index (χ0) is 21.1. The Morgan fingerprint density at radius 3 is 2.60 bits per heavy atom. The average molecular weight is 421 g/mol. The molecule has 0 saturated carbocycles. The van der Waals surface area contributed by atoms with Gasteiger partial charge in [0.05, 0.1) is 16.7 Å². The van der Waals surface area contributed by atoms with Gasteiger partial charge in [-0.3, -0.25) is 9.59 Å². The van der Waals surface area contributed by atoms with E-state index in [9.17, 15) is 9.59 Å². The maximum atomic E-state index is 12.9. The highest BCUT2D eigenvalue weighted by atomic mass is 32.1. The van der Waals surface area contributed by atoms with Crippen LogP contribution in [0.2, 0.25) is 0 Å². The molecule has 0 bridgehead atoms. The first-order chi connectivity index (χ1) is 14.6. The van der Waals surface area contributed by atoms with Crippen molar-refractivity contribution in [3.8, 4) is 22.9 Å². The monoisotopic (exact) mass is 421 g/mol. The van der Waals surface area contributed by atoms with Gasteiger partial charge in [-0.1, -0.05) is 48.6 Å². The number of hydrogen-bond donors (Lipinski definition) is 0. The molecule has 0 saturated heterocycles. The Balaban J connectivity index is 1.76. The largest absolute Gasteiger partial charge is 0.493 e. The summed E-state index contributed by atoms with van der Waals surface area (Å²) in [5.41, 5.74) is 1.11. The summed E-state index contributed by atoms with van der Waals surface area (Å²) in [7, 11) is 0. The average Bonchev–Trinajstić information content (AvgIpc) is 3.27. The number of nitrogens with zero attached hydrogens (tertiary/aromatic N) is 3. The van der Waals surface area contributed by atoms with Gasteiger partial charge >= 0.3 is 5.97 Å². The van der Waals surface area contributed by atoms with Gasteiger partial charge < -0.3 is 9.47 Å². The minimum absolute atomic E-state index is 0.260. The fourth-order valence-corrected chi connectivity index (χ4v) is 3.83. The van der Waals surface area contributed by atoms with Crippen LogP contribution in [0.15, 0.2) is 53.3 Å². The smallest absolute Gasteiger partial charge is 0.308 e. The molecule has 0 aliphatic carbocycles. The lowest BCUT2D eigenvalue weighted by atomic mass is 10.2. The second-order valence-electron chi connectivity index (χ2n) is 6.52. The molecule has 0 aliphatic rings. The van der Waals surface area contributed by atoms with E-state index in [2.05, 4.69) is 10.1 Å². The van der Waals surface area contributed by atoms with Gasteiger partial charge in [-0.2, -0.15) is 9.50 Å². The van der Waals surface area contributed by atoms with E-state index < -0.39 is 5.97 Å². The predicted molar refractivity (Wildman–Crippen MR) is 115 cm³/mol. The van der Waals surface area contributed by atoms with E-state index in [1.165, 1.54) is 22.8 Å². The van der Waals surface area contributed by atoms with Crippen LogP contribution in [0.25, 0.3) is 22.4 Å². The number of rotatable bonds is 6. The molecule has 0 amide bonds. The standard InChI is InChI=1S/C22H19N3O4S/c1-3-12-28-17-10-6-4-8-15(17)13-19-21(27)25-22(30-19)23-20(24-25)16-9-5-7-11-18(16)29-14(2)26/h4-11,13H,3,12H2,1-2H3/b19-13-. The van der Waals surface area contributed by atoms with Crippen molar-refractivity contribution in [3.05, 3.63) is 69.0 Å². The summed E-state index contributed by atoms with van der Waals surface area (Å²) in [6, 6.07) is 14.5. The van der Waals surface area contributed by atoms with Gasteiger partial charge in [0, 0.05) is 12.5 Å². The minimum Gasteiger partial charge on any atom is -0.493 e. The molecule has 4 aromatic rings. The molecule has 0 atom stereocenters. The molecule has 2 aromatic heterocycles. The normalized spacial score (nSPS) is 11.7. The summed E-state index contributed by atoms with van der Waals surface area (Å²) in [5.74, 6) is 0.973. The Hall–Kier alpha value is -3.52. The number of fused-ring (bicyclic) bond motifs is 1. The highest BCUT2D eigenvalue weighted by Crippen LogP contribution is 2.28. The molecule has 152 valence electrons. The third kappa shape index (κ3) is 3.95. The second kappa shape index (κ2) is 8.46. The number of esters is 1. The molecule has 2 aromatic carbocycles. The van der Waals surface area contributed by atoms with Crippen LogP contribution in [0.5, 0.6) is 11.5 Å². The SMILES string of the molecule is CCCOc1ccccc1/C=c1\sc2nc(-c3ccccc3OC(C)=O)nn2c1=O. The summed E-state index contributed by atoms with van der Waals surface area (Å²) < 4.78 is 12.8. The number of hydrogen-bond acceptors (Lipinski definition) is 7. The van der Waals surface area contributed by atoms with Crippen LogP contribution in [0.3, 0.4) is 0 Å². The third-order valence-electron chi connectivity index (χ3n) is 4.23. The number of carbonyl (C=O) groups is 1. The molecule has 0 spiro atoms. The number of ether oxygens (including phenoxy) is 2. The van der Waals surface area contributed by atoms with E-state index >= 15 is 0 Å². The molecular weight excluding hydrogens is 402 g/mol. The lowest BCUT2D eigenvalue weighted by molar-refractivity contribution is -0.131. The van der Waals surface area contributed by atoms with Crippen LogP contribution in [0, 0.1) is 0 Å². The summed E-state index contributed by atoms with van der Waals surface area (Å²) >= 11 is 1.24. The van der Waals surface area contributed by atoms with E-state index in [0.717, 1.165) is 17.7 Å². The molecule has 0 unspecified atom stereocenters. The van der Waals surface area contributed by atoms with Crippen LogP contribution >= 0.6 is 11.3 Å². The van der Waals surface area contributed by atoms with Gasteiger partial charge in [-0.05, 0) is 30.7 Å². The topological polar surface area (TPSA) is 82.8 Å².